The third-order valence-corrected chi connectivity index (χ3v) is 1.65. The maximum absolute atomic E-state index is 10.4. The molecule has 0 fully saturated rings. The summed E-state index contributed by atoms with van der Waals surface area (Å²) >= 11 is 0. The number of nitrogens with zero attached hydrogens (tertiary/aromatic N) is 1. The molecule has 0 radical (unpaired) electrons. The number of aliphatic carboxylic acids is 1. The SMILES string of the molecule is CC(C)C[C@@H](CC#N)CC(=O)O. The standard InChI is InChI=1S/C9H15NO2/c1-7(2)5-8(3-4-10)6-9(11)12/h7-8H,3,5-6H2,1-2H3,(H,11,12)/t8-/m1/s1. The molecular weight excluding hydrogens is 154 g/mol. The Kier molecular flexibility index (Phi) is 5.11. The Morgan fingerprint density at radius 1 is 1.58 bits per heavy atom. The van der Waals surface area contributed by atoms with Gasteiger partial charge in [0, 0.05) is 12.8 Å². The molecule has 0 bridgehead atoms. The first-order chi connectivity index (χ1) is 5.56. The minimum Gasteiger partial charge on any atom is -0.481 e. The van der Waals surface area contributed by atoms with E-state index in [1.54, 1.807) is 0 Å². The highest BCUT2D eigenvalue weighted by molar-refractivity contribution is 5.67. The van der Waals surface area contributed by atoms with Crippen LogP contribution in [0.2, 0.25) is 0 Å². The first kappa shape index (κ1) is 11.0. The largest absolute Gasteiger partial charge is 0.481 e. The average Bonchev–Trinajstić information content (AvgIpc) is 1.84. The average molecular weight is 169 g/mol. The molecule has 0 spiro atoms. The quantitative estimate of drug-likeness (QED) is 0.685. The van der Waals surface area contributed by atoms with Crippen LogP contribution in [0.1, 0.15) is 33.1 Å². The van der Waals surface area contributed by atoms with Gasteiger partial charge in [-0.25, -0.2) is 0 Å². The normalized spacial score (nSPS) is 12.5. The second kappa shape index (κ2) is 5.59. The van der Waals surface area contributed by atoms with E-state index in [1.165, 1.54) is 0 Å². The van der Waals surface area contributed by atoms with E-state index in [9.17, 15) is 4.79 Å². The molecular formula is C9H15NO2. The van der Waals surface area contributed by atoms with Crippen molar-refractivity contribution >= 4 is 5.97 Å². The fourth-order valence-corrected chi connectivity index (χ4v) is 1.28. The van der Waals surface area contributed by atoms with Gasteiger partial charge in [0.2, 0.25) is 0 Å². The molecule has 0 rings (SSSR count). The molecule has 1 N–H and O–H groups in total. The van der Waals surface area contributed by atoms with Crippen LogP contribution in [-0.4, -0.2) is 11.1 Å². The van der Waals surface area contributed by atoms with E-state index in [0.717, 1.165) is 6.42 Å². The van der Waals surface area contributed by atoms with Gasteiger partial charge in [0.05, 0.1) is 6.07 Å². The van der Waals surface area contributed by atoms with Gasteiger partial charge in [0.1, 0.15) is 0 Å². The smallest absolute Gasteiger partial charge is 0.303 e. The molecule has 0 aliphatic carbocycles. The summed E-state index contributed by atoms with van der Waals surface area (Å²) in [5.41, 5.74) is 0. The van der Waals surface area contributed by atoms with E-state index in [2.05, 4.69) is 0 Å². The van der Waals surface area contributed by atoms with Crippen LogP contribution in [0, 0.1) is 23.2 Å². The maximum atomic E-state index is 10.4. The first-order valence-corrected chi connectivity index (χ1v) is 4.15. The first-order valence-electron chi connectivity index (χ1n) is 4.15. The second-order valence-electron chi connectivity index (χ2n) is 3.46. The summed E-state index contributed by atoms with van der Waals surface area (Å²) in [6, 6.07) is 2.02. The number of carboxylic acid groups (broad SMARTS) is 1. The molecule has 0 saturated carbocycles. The van der Waals surface area contributed by atoms with E-state index in [-0.39, 0.29) is 12.3 Å². The highest BCUT2D eigenvalue weighted by Crippen LogP contribution is 2.18. The number of hydrogen-bond donors (Lipinski definition) is 1. The zero-order valence-corrected chi connectivity index (χ0v) is 7.58. The van der Waals surface area contributed by atoms with Gasteiger partial charge in [-0.05, 0) is 18.3 Å². The minimum absolute atomic E-state index is 0.0208. The molecule has 0 saturated heterocycles. The Balaban J connectivity index is 3.87. The van der Waals surface area contributed by atoms with E-state index in [1.807, 2.05) is 19.9 Å². The fraction of sp³-hybridized carbons (Fsp3) is 0.778. The molecule has 12 heavy (non-hydrogen) atoms. The highest BCUT2D eigenvalue weighted by Gasteiger charge is 2.14. The molecule has 68 valence electrons. The number of carboxylic acids is 1. The Hall–Kier alpha value is -1.04. The molecule has 0 unspecified atom stereocenters. The van der Waals surface area contributed by atoms with Crippen LogP contribution in [-0.2, 0) is 4.79 Å². The monoisotopic (exact) mass is 169 g/mol. The molecule has 0 aliphatic heterocycles. The predicted molar refractivity (Wildman–Crippen MR) is 45.4 cm³/mol. The van der Waals surface area contributed by atoms with Gasteiger partial charge < -0.3 is 5.11 Å². The fourth-order valence-electron chi connectivity index (χ4n) is 1.28. The Morgan fingerprint density at radius 3 is 2.50 bits per heavy atom. The van der Waals surface area contributed by atoms with Crippen molar-refractivity contribution in [1.82, 2.24) is 0 Å². The lowest BCUT2D eigenvalue weighted by molar-refractivity contribution is -0.138. The van der Waals surface area contributed by atoms with Gasteiger partial charge in [-0.2, -0.15) is 5.26 Å². The zero-order chi connectivity index (χ0) is 9.56. The summed E-state index contributed by atoms with van der Waals surface area (Å²) < 4.78 is 0. The Bertz CT molecular complexity index is 181. The molecule has 1 atom stereocenters. The molecule has 0 aromatic carbocycles. The summed E-state index contributed by atoms with van der Waals surface area (Å²) in [6.45, 7) is 4.07. The molecule has 0 aromatic heterocycles. The van der Waals surface area contributed by atoms with Crippen molar-refractivity contribution in [3.8, 4) is 6.07 Å². The lowest BCUT2D eigenvalue weighted by Gasteiger charge is -2.12. The van der Waals surface area contributed by atoms with Crippen molar-refractivity contribution in [1.29, 1.82) is 5.26 Å². The Labute approximate surface area is 73.0 Å². The number of rotatable bonds is 5. The van der Waals surface area contributed by atoms with Crippen molar-refractivity contribution in [3.63, 3.8) is 0 Å². The molecule has 3 heteroatoms. The van der Waals surface area contributed by atoms with Crippen molar-refractivity contribution in [3.05, 3.63) is 0 Å². The van der Waals surface area contributed by atoms with Crippen LogP contribution < -0.4 is 0 Å². The van der Waals surface area contributed by atoms with Crippen molar-refractivity contribution in [2.24, 2.45) is 11.8 Å². The zero-order valence-electron chi connectivity index (χ0n) is 7.58. The van der Waals surface area contributed by atoms with Crippen molar-refractivity contribution in [2.45, 2.75) is 33.1 Å². The number of nitriles is 1. The minimum atomic E-state index is -0.809. The van der Waals surface area contributed by atoms with Crippen LogP contribution in [0.25, 0.3) is 0 Å². The van der Waals surface area contributed by atoms with Crippen LogP contribution in [0.5, 0.6) is 0 Å². The lowest BCUT2D eigenvalue weighted by Crippen LogP contribution is -2.09. The van der Waals surface area contributed by atoms with Gasteiger partial charge >= 0.3 is 5.97 Å². The van der Waals surface area contributed by atoms with Crippen molar-refractivity contribution in [2.75, 3.05) is 0 Å². The summed E-state index contributed by atoms with van der Waals surface area (Å²) in [4.78, 5) is 10.4. The highest BCUT2D eigenvalue weighted by atomic mass is 16.4. The molecule has 0 amide bonds. The topological polar surface area (TPSA) is 61.1 Å². The van der Waals surface area contributed by atoms with Crippen molar-refractivity contribution < 1.29 is 9.90 Å². The second-order valence-corrected chi connectivity index (χ2v) is 3.46. The summed E-state index contributed by atoms with van der Waals surface area (Å²) in [7, 11) is 0. The Morgan fingerprint density at radius 2 is 2.17 bits per heavy atom. The lowest BCUT2D eigenvalue weighted by atomic mass is 9.92. The third kappa shape index (κ3) is 5.72. The van der Waals surface area contributed by atoms with Gasteiger partial charge in [-0.15, -0.1) is 0 Å². The molecule has 0 aromatic rings. The number of carbonyl (C=O) groups is 1. The predicted octanol–water partition coefficient (Wildman–Crippen LogP) is 2.04. The molecule has 0 aliphatic rings. The maximum Gasteiger partial charge on any atom is 0.303 e. The number of hydrogen-bond acceptors (Lipinski definition) is 2. The molecule has 0 heterocycles. The van der Waals surface area contributed by atoms with Crippen LogP contribution >= 0.6 is 0 Å². The summed E-state index contributed by atoms with van der Waals surface area (Å²) in [5, 5.41) is 16.9. The van der Waals surface area contributed by atoms with E-state index in [4.69, 9.17) is 10.4 Å². The van der Waals surface area contributed by atoms with Gasteiger partial charge in [0.25, 0.3) is 0 Å². The van der Waals surface area contributed by atoms with E-state index in [0.29, 0.717) is 12.3 Å². The van der Waals surface area contributed by atoms with Crippen LogP contribution in [0.15, 0.2) is 0 Å². The third-order valence-electron chi connectivity index (χ3n) is 1.65. The van der Waals surface area contributed by atoms with Gasteiger partial charge in [0.15, 0.2) is 0 Å². The van der Waals surface area contributed by atoms with Gasteiger partial charge in [-0.1, -0.05) is 13.8 Å². The van der Waals surface area contributed by atoms with Crippen LogP contribution in [0.3, 0.4) is 0 Å². The summed E-state index contributed by atoms with van der Waals surface area (Å²) in [6.07, 6.45) is 1.29. The van der Waals surface area contributed by atoms with E-state index >= 15 is 0 Å². The van der Waals surface area contributed by atoms with Crippen LogP contribution in [0.4, 0.5) is 0 Å². The summed E-state index contributed by atoms with van der Waals surface area (Å²) in [5.74, 6) is -0.328. The molecule has 3 nitrogen and oxygen atoms in total. The van der Waals surface area contributed by atoms with Gasteiger partial charge in [-0.3, -0.25) is 4.79 Å². The van der Waals surface area contributed by atoms with E-state index < -0.39 is 5.97 Å².